The molecule has 0 fully saturated rings. The van der Waals surface area contributed by atoms with E-state index in [0.717, 1.165) is 29.6 Å². The highest BCUT2D eigenvalue weighted by molar-refractivity contribution is 8.00. The van der Waals surface area contributed by atoms with Gasteiger partial charge in [-0.2, -0.15) is 0 Å². The van der Waals surface area contributed by atoms with Crippen LogP contribution in [0.25, 0.3) is 10.6 Å². The summed E-state index contributed by atoms with van der Waals surface area (Å²) >= 11 is 2.38. The van der Waals surface area contributed by atoms with Crippen LogP contribution in [0.2, 0.25) is 0 Å². The molecule has 3 N–H and O–H groups in total. The quantitative estimate of drug-likeness (QED) is 0.443. The summed E-state index contributed by atoms with van der Waals surface area (Å²) in [4.78, 5) is 15.2. The number of carboxylic acids is 1. The molecule has 3 rings (SSSR count). The summed E-state index contributed by atoms with van der Waals surface area (Å²) in [6.07, 6.45) is 0. The summed E-state index contributed by atoms with van der Waals surface area (Å²) in [5, 5.41) is 21.6. The molecule has 0 amide bonds. The number of phenols is 1. The van der Waals surface area contributed by atoms with Crippen LogP contribution in [0.4, 0.5) is 14.5 Å². The number of nitrogens with one attached hydrogen (secondary N) is 1. The maximum Gasteiger partial charge on any atom is 0.338 e. The van der Waals surface area contributed by atoms with Crippen LogP contribution >= 0.6 is 23.3 Å². The van der Waals surface area contributed by atoms with Crippen LogP contribution in [-0.2, 0) is 0 Å². The van der Waals surface area contributed by atoms with E-state index in [-0.39, 0.29) is 17.3 Å². The number of carboxylic acid groups (broad SMARTS) is 1. The molecule has 0 radical (unpaired) electrons. The number of benzene rings is 2. The number of hydrogen-bond donors (Lipinski definition) is 3. The Bertz CT molecular complexity index is 930. The molecule has 9 heteroatoms. The van der Waals surface area contributed by atoms with Crippen molar-refractivity contribution in [2.24, 2.45) is 0 Å². The Morgan fingerprint density at radius 2 is 1.92 bits per heavy atom. The van der Waals surface area contributed by atoms with Gasteiger partial charge in [-0.1, -0.05) is 0 Å². The first-order valence-electron chi connectivity index (χ1n) is 6.84. The topological polar surface area (TPSA) is 82.5 Å². The summed E-state index contributed by atoms with van der Waals surface area (Å²) in [6.45, 7) is 0. The number of hydrogen-bond acceptors (Lipinski definition) is 6. The summed E-state index contributed by atoms with van der Waals surface area (Å²) < 4.78 is 29.3. The molecule has 0 bridgehead atoms. The molecule has 0 saturated carbocycles. The molecule has 128 valence electrons. The molecule has 0 aliphatic rings. The summed E-state index contributed by atoms with van der Waals surface area (Å²) in [5.74, 6) is -3.15. The minimum atomic E-state index is -1.46. The van der Waals surface area contributed by atoms with Crippen molar-refractivity contribution in [1.82, 2.24) is 4.98 Å². The standard InChI is InChI=1S/C16H10F2N2O3S2/c17-9-3-1-8(2-4-9)15-19-14(7-24-15)25-20-12-6-11(18)10(16(22)23)5-13(12)21/h1-7,20-21H,(H,22,23). The zero-order valence-corrected chi connectivity index (χ0v) is 14.0. The number of rotatable bonds is 5. The minimum Gasteiger partial charge on any atom is -0.506 e. The van der Waals surface area contributed by atoms with Crippen molar-refractivity contribution >= 4 is 34.9 Å². The zero-order valence-electron chi connectivity index (χ0n) is 12.4. The molecule has 1 aromatic heterocycles. The minimum absolute atomic E-state index is 0.0313. The van der Waals surface area contributed by atoms with Crippen molar-refractivity contribution in [2.75, 3.05) is 4.72 Å². The fourth-order valence-corrected chi connectivity index (χ4v) is 3.54. The van der Waals surface area contributed by atoms with Crippen LogP contribution in [0.15, 0.2) is 46.8 Å². The van der Waals surface area contributed by atoms with Crippen molar-refractivity contribution < 1.29 is 23.8 Å². The van der Waals surface area contributed by atoms with Gasteiger partial charge in [-0.3, -0.25) is 0 Å². The van der Waals surface area contributed by atoms with Gasteiger partial charge in [-0.25, -0.2) is 18.6 Å². The van der Waals surface area contributed by atoms with Crippen molar-refractivity contribution in [1.29, 1.82) is 0 Å². The van der Waals surface area contributed by atoms with E-state index in [9.17, 15) is 18.7 Å². The van der Waals surface area contributed by atoms with Crippen LogP contribution in [0, 0.1) is 11.6 Å². The maximum atomic E-state index is 13.7. The second kappa shape index (κ2) is 7.08. The van der Waals surface area contributed by atoms with Crippen LogP contribution in [0.5, 0.6) is 5.75 Å². The summed E-state index contributed by atoms with van der Waals surface area (Å²) in [7, 11) is 0. The monoisotopic (exact) mass is 380 g/mol. The lowest BCUT2D eigenvalue weighted by Gasteiger charge is -2.07. The van der Waals surface area contributed by atoms with Gasteiger partial charge < -0.3 is 14.9 Å². The van der Waals surface area contributed by atoms with E-state index < -0.39 is 17.3 Å². The Morgan fingerprint density at radius 1 is 1.20 bits per heavy atom. The third-order valence-corrected chi connectivity index (χ3v) is 4.94. The number of aromatic nitrogens is 1. The predicted molar refractivity (Wildman–Crippen MR) is 92.0 cm³/mol. The summed E-state index contributed by atoms with van der Waals surface area (Å²) in [5.41, 5.74) is 0.182. The van der Waals surface area contributed by atoms with E-state index in [1.807, 2.05) is 0 Å². The number of halogens is 2. The highest BCUT2D eigenvalue weighted by Crippen LogP contribution is 2.33. The van der Waals surface area contributed by atoms with E-state index in [2.05, 4.69) is 9.71 Å². The number of aromatic carboxylic acids is 1. The Hall–Kier alpha value is -2.65. The molecule has 0 spiro atoms. The van der Waals surface area contributed by atoms with Crippen molar-refractivity contribution in [2.45, 2.75) is 5.03 Å². The molecule has 0 atom stereocenters. The third-order valence-electron chi connectivity index (χ3n) is 3.16. The van der Waals surface area contributed by atoms with E-state index >= 15 is 0 Å². The van der Waals surface area contributed by atoms with Gasteiger partial charge in [0, 0.05) is 29.0 Å². The Kier molecular flexibility index (Phi) is 4.86. The van der Waals surface area contributed by atoms with Crippen molar-refractivity contribution in [3.05, 3.63) is 59.0 Å². The Balaban J connectivity index is 1.73. The van der Waals surface area contributed by atoms with Crippen LogP contribution in [-0.4, -0.2) is 21.2 Å². The molecule has 3 aromatic rings. The molecule has 0 aliphatic heterocycles. The summed E-state index contributed by atoms with van der Waals surface area (Å²) in [6, 6.07) is 7.65. The molecule has 0 saturated heterocycles. The first-order chi connectivity index (χ1) is 11.9. The molecule has 5 nitrogen and oxygen atoms in total. The lowest BCUT2D eigenvalue weighted by atomic mass is 10.2. The van der Waals surface area contributed by atoms with Gasteiger partial charge in [0.25, 0.3) is 0 Å². The Labute approximate surface area is 149 Å². The van der Waals surface area contributed by atoms with Crippen LogP contribution in [0.1, 0.15) is 10.4 Å². The second-order valence-electron chi connectivity index (χ2n) is 4.86. The molecule has 0 unspecified atom stereocenters. The SMILES string of the molecule is O=C(O)c1cc(O)c(NSc2csc(-c3ccc(F)cc3)n2)cc1F. The number of aromatic hydroxyl groups is 1. The molecule has 0 aliphatic carbocycles. The fraction of sp³-hybridized carbons (Fsp3) is 0. The van der Waals surface area contributed by atoms with Gasteiger partial charge in [0.1, 0.15) is 27.4 Å². The molecule has 2 aromatic carbocycles. The number of phenolic OH excluding ortho intramolecular Hbond substituents is 1. The van der Waals surface area contributed by atoms with Crippen molar-refractivity contribution in [3.8, 4) is 16.3 Å². The number of carbonyl (C=O) groups is 1. The fourth-order valence-electron chi connectivity index (χ4n) is 1.95. The number of nitrogens with zero attached hydrogens (tertiary/aromatic N) is 1. The smallest absolute Gasteiger partial charge is 0.338 e. The normalized spacial score (nSPS) is 10.6. The van der Waals surface area contributed by atoms with Crippen LogP contribution in [0.3, 0.4) is 0 Å². The van der Waals surface area contributed by atoms with E-state index in [1.165, 1.54) is 23.5 Å². The molecule has 1 heterocycles. The third kappa shape index (κ3) is 3.89. The van der Waals surface area contributed by atoms with Gasteiger partial charge in [-0.05, 0) is 30.3 Å². The van der Waals surface area contributed by atoms with Gasteiger partial charge >= 0.3 is 5.97 Å². The molecular weight excluding hydrogens is 370 g/mol. The van der Waals surface area contributed by atoms with E-state index in [1.54, 1.807) is 17.5 Å². The lowest BCUT2D eigenvalue weighted by molar-refractivity contribution is 0.0691. The average molecular weight is 380 g/mol. The van der Waals surface area contributed by atoms with E-state index in [4.69, 9.17) is 5.11 Å². The molecule has 25 heavy (non-hydrogen) atoms. The first kappa shape index (κ1) is 17.2. The maximum absolute atomic E-state index is 13.7. The number of thiazole rings is 1. The largest absolute Gasteiger partial charge is 0.506 e. The second-order valence-corrected chi connectivity index (χ2v) is 6.54. The van der Waals surface area contributed by atoms with Crippen LogP contribution < -0.4 is 4.72 Å². The van der Waals surface area contributed by atoms with Gasteiger partial charge in [-0.15, -0.1) is 11.3 Å². The van der Waals surface area contributed by atoms with Gasteiger partial charge in [0.15, 0.2) is 0 Å². The predicted octanol–water partition coefficient (Wildman–Crippen LogP) is 4.61. The highest BCUT2D eigenvalue weighted by atomic mass is 32.2. The van der Waals surface area contributed by atoms with E-state index in [0.29, 0.717) is 10.0 Å². The first-order valence-corrected chi connectivity index (χ1v) is 8.54. The Morgan fingerprint density at radius 3 is 2.60 bits per heavy atom. The number of anilines is 1. The zero-order chi connectivity index (χ0) is 18.0. The average Bonchev–Trinajstić information content (AvgIpc) is 3.04. The molecular formula is C16H10F2N2O3S2. The van der Waals surface area contributed by atoms with Gasteiger partial charge in [0.2, 0.25) is 0 Å². The highest BCUT2D eigenvalue weighted by Gasteiger charge is 2.15. The lowest BCUT2D eigenvalue weighted by Crippen LogP contribution is -2.01. The van der Waals surface area contributed by atoms with Gasteiger partial charge in [0.05, 0.1) is 11.3 Å². The van der Waals surface area contributed by atoms with Crippen molar-refractivity contribution in [3.63, 3.8) is 0 Å².